The molecule has 1 heterocycles. The van der Waals surface area contributed by atoms with Crippen molar-refractivity contribution in [1.29, 1.82) is 0 Å². The van der Waals surface area contributed by atoms with Crippen molar-refractivity contribution in [2.75, 3.05) is 10.6 Å². The second-order valence-electron chi connectivity index (χ2n) is 5.53. The molecule has 1 aromatic heterocycles. The Labute approximate surface area is 129 Å². The normalized spacial score (nSPS) is 11.0. The van der Waals surface area contributed by atoms with Crippen molar-refractivity contribution in [3.63, 3.8) is 0 Å². The van der Waals surface area contributed by atoms with Crippen molar-refractivity contribution >= 4 is 28.1 Å². The molecule has 21 heavy (non-hydrogen) atoms. The molecule has 0 aliphatic rings. The molecule has 0 fully saturated rings. The number of carbonyl (C=O) groups is 1. The minimum Gasteiger partial charge on any atom is -0.382 e. The second-order valence-corrected chi connectivity index (χ2v) is 6.39. The molecule has 5 heteroatoms. The predicted molar refractivity (Wildman–Crippen MR) is 89.4 cm³/mol. The molecule has 0 unspecified atom stereocenters. The number of nitrogens with one attached hydrogen (secondary N) is 2. The predicted octanol–water partition coefficient (Wildman–Crippen LogP) is 4.34. The molecular weight excluding hydrogens is 282 g/mol. The number of para-hydroxylation sites is 1. The van der Waals surface area contributed by atoms with Gasteiger partial charge in [-0.1, -0.05) is 26.0 Å². The molecule has 2 rings (SSSR count). The third-order valence-electron chi connectivity index (χ3n) is 2.95. The van der Waals surface area contributed by atoms with Gasteiger partial charge in [0.1, 0.15) is 0 Å². The monoisotopic (exact) mass is 303 g/mol. The first-order valence-corrected chi connectivity index (χ1v) is 7.97. The first-order valence-electron chi connectivity index (χ1n) is 7.09. The molecule has 0 saturated heterocycles. The van der Waals surface area contributed by atoms with Crippen molar-refractivity contribution in [2.24, 2.45) is 0 Å². The van der Waals surface area contributed by atoms with E-state index in [1.54, 1.807) is 0 Å². The molecule has 2 N–H and O–H groups in total. The van der Waals surface area contributed by atoms with E-state index in [9.17, 15) is 4.79 Å². The van der Waals surface area contributed by atoms with Gasteiger partial charge in [0.25, 0.3) is 5.91 Å². The summed E-state index contributed by atoms with van der Waals surface area (Å²) in [6, 6.07) is 7.78. The summed E-state index contributed by atoms with van der Waals surface area (Å²) in [5, 5.41) is 8.79. The summed E-state index contributed by atoms with van der Waals surface area (Å²) in [6.07, 6.45) is 0. The third kappa shape index (κ3) is 4.04. The van der Waals surface area contributed by atoms with E-state index in [1.807, 2.05) is 43.5 Å². The number of thiazole rings is 1. The van der Waals surface area contributed by atoms with Gasteiger partial charge in [0, 0.05) is 17.1 Å². The zero-order chi connectivity index (χ0) is 15.4. The van der Waals surface area contributed by atoms with Crippen LogP contribution in [0.1, 0.15) is 49.7 Å². The van der Waals surface area contributed by atoms with E-state index in [2.05, 4.69) is 29.5 Å². The molecule has 112 valence electrons. The third-order valence-corrected chi connectivity index (χ3v) is 3.73. The lowest BCUT2D eigenvalue weighted by atomic mass is 10.1. The number of hydrogen-bond acceptors (Lipinski definition) is 4. The molecule has 0 saturated carbocycles. The number of rotatable bonds is 5. The summed E-state index contributed by atoms with van der Waals surface area (Å²) in [5.74, 6) is 0.227. The lowest BCUT2D eigenvalue weighted by molar-refractivity contribution is 0.102. The van der Waals surface area contributed by atoms with Crippen LogP contribution < -0.4 is 10.6 Å². The molecule has 0 spiro atoms. The van der Waals surface area contributed by atoms with E-state index in [0.29, 0.717) is 16.6 Å². The summed E-state index contributed by atoms with van der Waals surface area (Å²) in [6.45, 7) is 8.26. The zero-order valence-corrected chi connectivity index (χ0v) is 13.6. The highest BCUT2D eigenvalue weighted by atomic mass is 32.1. The van der Waals surface area contributed by atoms with Crippen LogP contribution in [0.4, 0.5) is 10.8 Å². The summed E-state index contributed by atoms with van der Waals surface area (Å²) in [5.41, 5.74) is 2.47. The van der Waals surface area contributed by atoms with Crippen LogP contribution in [0.15, 0.2) is 29.6 Å². The van der Waals surface area contributed by atoms with E-state index in [-0.39, 0.29) is 11.9 Å². The Morgan fingerprint density at radius 1 is 1.19 bits per heavy atom. The van der Waals surface area contributed by atoms with Gasteiger partial charge in [0.2, 0.25) is 0 Å². The van der Waals surface area contributed by atoms with Gasteiger partial charge in [-0.05, 0) is 31.9 Å². The standard InChI is InChI=1S/C16H21N3OS/c1-10(2)14-9-21-16(18-14)19-15(20)12-7-5-6-8-13(12)17-11(3)4/h5-11,17H,1-4H3,(H,18,19,20). The number of benzene rings is 1. The molecule has 1 aromatic carbocycles. The smallest absolute Gasteiger partial charge is 0.259 e. The van der Waals surface area contributed by atoms with Crippen molar-refractivity contribution in [2.45, 2.75) is 39.7 Å². The number of hydrogen-bond donors (Lipinski definition) is 2. The van der Waals surface area contributed by atoms with Crippen molar-refractivity contribution in [3.8, 4) is 0 Å². The minimum atomic E-state index is -0.136. The molecule has 2 aromatic rings. The van der Waals surface area contributed by atoms with Crippen LogP contribution in [0.25, 0.3) is 0 Å². The molecule has 0 aliphatic heterocycles. The Morgan fingerprint density at radius 3 is 2.52 bits per heavy atom. The SMILES string of the molecule is CC(C)Nc1ccccc1C(=O)Nc1nc(C(C)C)cs1. The number of anilines is 2. The summed E-state index contributed by atoms with van der Waals surface area (Å²) in [7, 11) is 0. The first-order chi connectivity index (χ1) is 9.97. The van der Waals surface area contributed by atoms with E-state index in [4.69, 9.17) is 0 Å². The molecule has 0 bridgehead atoms. The van der Waals surface area contributed by atoms with Gasteiger partial charge < -0.3 is 5.32 Å². The van der Waals surface area contributed by atoms with Crippen LogP contribution in [-0.4, -0.2) is 16.9 Å². The van der Waals surface area contributed by atoms with Crippen LogP contribution in [0.3, 0.4) is 0 Å². The van der Waals surface area contributed by atoms with E-state index in [0.717, 1.165) is 11.4 Å². The maximum Gasteiger partial charge on any atom is 0.259 e. The Hall–Kier alpha value is -1.88. The van der Waals surface area contributed by atoms with Crippen LogP contribution in [0, 0.1) is 0 Å². The van der Waals surface area contributed by atoms with E-state index in [1.165, 1.54) is 11.3 Å². The van der Waals surface area contributed by atoms with Gasteiger partial charge in [-0.15, -0.1) is 11.3 Å². The van der Waals surface area contributed by atoms with Gasteiger partial charge in [0.15, 0.2) is 5.13 Å². The summed E-state index contributed by atoms with van der Waals surface area (Å²) < 4.78 is 0. The quantitative estimate of drug-likeness (QED) is 0.864. The fraction of sp³-hybridized carbons (Fsp3) is 0.375. The van der Waals surface area contributed by atoms with E-state index < -0.39 is 0 Å². The summed E-state index contributed by atoms with van der Waals surface area (Å²) >= 11 is 1.46. The Balaban J connectivity index is 2.16. The van der Waals surface area contributed by atoms with Crippen LogP contribution in [0.2, 0.25) is 0 Å². The van der Waals surface area contributed by atoms with Crippen molar-refractivity contribution in [1.82, 2.24) is 4.98 Å². The van der Waals surface area contributed by atoms with Crippen molar-refractivity contribution < 1.29 is 4.79 Å². The fourth-order valence-electron chi connectivity index (χ4n) is 1.89. The maximum absolute atomic E-state index is 12.4. The number of amides is 1. The zero-order valence-electron chi connectivity index (χ0n) is 12.8. The first kappa shape index (κ1) is 15.5. The average molecular weight is 303 g/mol. The number of aromatic nitrogens is 1. The highest BCUT2D eigenvalue weighted by molar-refractivity contribution is 7.14. The molecule has 0 aliphatic carbocycles. The number of carbonyl (C=O) groups excluding carboxylic acids is 1. The summed E-state index contributed by atoms with van der Waals surface area (Å²) in [4.78, 5) is 16.8. The van der Waals surface area contributed by atoms with Gasteiger partial charge in [-0.25, -0.2) is 4.98 Å². The molecule has 0 atom stereocenters. The largest absolute Gasteiger partial charge is 0.382 e. The van der Waals surface area contributed by atoms with E-state index >= 15 is 0 Å². The Morgan fingerprint density at radius 2 is 1.90 bits per heavy atom. The molecular formula is C16H21N3OS. The lowest BCUT2D eigenvalue weighted by Gasteiger charge is -2.13. The van der Waals surface area contributed by atoms with Crippen LogP contribution in [-0.2, 0) is 0 Å². The molecule has 0 radical (unpaired) electrons. The Kier molecular flexibility index (Phi) is 4.96. The minimum absolute atomic E-state index is 0.136. The lowest BCUT2D eigenvalue weighted by Crippen LogP contribution is -2.17. The average Bonchev–Trinajstić information content (AvgIpc) is 2.87. The molecule has 4 nitrogen and oxygen atoms in total. The van der Waals surface area contributed by atoms with Crippen molar-refractivity contribution in [3.05, 3.63) is 40.9 Å². The fourth-order valence-corrected chi connectivity index (χ4v) is 2.76. The Bertz CT molecular complexity index is 619. The highest BCUT2D eigenvalue weighted by Gasteiger charge is 2.14. The van der Waals surface area contributed by atoms with Gasteiger partial charge in [-0.3, -0.25) is 10.1 Å². The van der Waals surface area contributed by atoms with Crippen LogP contribution in [0.5, 0.6) is 0 Å². The molecule has 1 amide bonds. The van der Waals surface area contributed by atoms with Gasteiger partial charge in [-0.2, -0.15) is 0 Å². The van der Waals surface area contributed by atoms with Gasteiger partial charge >= 0.3 is 0 Å². The van der Waals surface area contributed by atoms with Gasteiger partial charge in [0.05, 0.1) is 11.3 Å². The number of nitrogens with zero attached hydrogens (tertiary/aromatic N) is 1. The highest BCUT2D eigenvalue weighted by Crippen LogP contribution is 2.23. The van der Waals surface area contributed by atoms with Crippen LogP contribution >= 0.6 is 11.3 Å². The topological polar surface area (TPSA) is 54.0 Å². The second kappa shape index (κ2) is 6.72. The maximum atomic E-state index is 12.4.